The van der Waals surface area contributed by atoms with Crippen molar-refractivity contribution in [1.29, 1.82) is 0 Å². The van der Waals surface area contributed by atoms with Crippen LogP contribution >= 0.6 is 7.82 Å². The number of esters is 2. The van der Waals surface area contributed by atoms with Crippen LogP contribution in [0.2, 0.25) is 0 Å². The summed E-state index contributed by atoms with van der Waals surface area (Å²) in [6.07, 6.45) is 116. The van der Waals surface area contributed by atoms with Gasteiger partial charge in [-0.3, -0.25) is 18.6 Å². The first-order chi connectivity index (χ1) is 45.8. The summed E-state index contributed by atoms with van der Waals surface area (Å²) in [4.78, 5) is 35.4. The highest BCUT2D eigenvalue weighted by Gasteiger charge is 2.26. The van der Waals surface area contributed by atoms with Crippen molar-refractivity contribution in [1.82, 2.24) is 0 Å². The lowest BCUT2D eigenvalue weighted by molar-refractivity contribution is -0.161. The van der Waals surface area contributed by atoms with E-state index in [1.54, 1.807) is 0 Å². The number of phosphoric acid groups is 1. The maximum Gasteiger partial charge on any atom is 0.472 e. The molecule has 0 aromatic rings. The first kappa shape index (κ1) is 87.6. The number of hydrogen-bond acceptors (Lipinski definition) is 8. The van der Waals surface area contributed by atoms with Crippen molar-refractivity contribution >= 4 is 19.8 Å². The second-order valence-corrected chi connectivity index (χ2v) is 24.8. The van der Waals surface area contributed by atoms with E-state index in [0.29, 0.717) is 12.8 Å². The number of rotatable bonds is 66. The van der Waals surface area contributed by atoms with E-state index in [1.165, 1.54) is 70.6 Å². The summed E-state index contributed by atoms with van der Waals surface area (Å²) in [6.45, 7) is 3.49. The molecule has 93 heavy (non-hydrogen) atoms. The predicted molar refractivity (Wildman–Crippen MR) is 403 cm³/mol. The van der Waals surface area contributed by atoms with Crippen LogP contribution in [0.25, 0.3) is 0 Å². The van der Waals surface area contributed by atoms with Crippen LogP contribution in [-0.4, -0.2) is 49.3 Å². The summed E-state index contributed by atoms with van der Waals surface area (Å²) in [6, 6.07) is 0. The molecule has 3 N–H and O–H groups in total. The number of allylic oxidation sites excluding steroid dienone is 34. The van der Waals surface area contributed by atoms with Crippen LogP contribution in [0.5, 0.6) is 0 Å². The molecule has 0 aromatic carbocycles. The van der Waals surface area contributed by atoms with Gasteiger partial charge in [0.15, 0.2) is 6.10 Å². The standard InChI is InChI=1S/C83H132NO8P/c1-3-5-7-9-11-13-15-17-19-21-23-25-27-29-31-33-35-36-37-38-39-40-41-42-43-44-46-48-50-52-54-56-58-60-62-64-66-68-70-72-74-76-83(86)92-81(80-91-93(87,88)90-78-77-84)79-89-82(85)75-73-71-69-67-65-63-61-59-57-55-53-51-49-47-45-34-32-30-28-26-24-22-20-18-16-14-12-10-8-6-4-2/h5-8,11-14,17-20,23-26,29-32,35-36,38-39,41-42,44-47,50-53,81H,3-4,9-10,15-16,21-22,27-28,33-34,37,40,43,48-49,54-80,84H2,1-2H3,(H,87,88)/b7-5-,8-6-,13-11-,14-12-,19-17-,20-18-,25-23-,26-24-,31-29-,32-30-,36-35-,39-38-,42-41-,46-44-,47-45-,52-50-,53-51-. The van der Waals surface area contributed by atoms with Crippen molar-refractivity contribution in [3.63, 3.8) is 0 Å². The maximum absolute atomic E-state index is 12.8. The van der Waals surface area contributed by atoms with Gasteiger partial charge in [0, 0.05) is 19.4 Å². The molecule has 0 spiro atoms. The molecule has 0 heterocycles. The fourth-order valence-corrected chi connectivity index (χ4v) is 10.1. The number of phosphoric ester groups is 1. The lowest BCUT2D eigenvalue weighted by atomic mass is 10.0. The highest BCUT2D eigenvalue weighted by atomic mass is 31.2. The zero-order valence-electron chi connectivity index (χ0n) is 58.6. The average molecular weight is 1300 g/mol. The molecule has 0 amide bonds. The molecule has 0 saturated heterocycles. The Morgan fingerprint density at radius 3 is 0.828 bits per heavy atom. The van der Waals surface area contributed by atoms with Crippen LogP contribution in [0.4, 0.5) is 0 Å². The summed E-state index contributed by atoms with van der Waals surface area (Å²) in [5.41, 5.74) is 5.40. The summed E-state index contributed by atoms with van der Waals surface area (Å²) in [5, 5.41) is 0. The second kappa shape index (κ2) is 75.6. The normalized spacial score (nSPS) is 14.2. The number of carbonyl (C=O) groups excluding carboxylic acids is 2. The number of unbranched alkanes of at least 4 members (excludes halogenated alkanes) is 19. The molecule has 0 aromatic heterocycles. The van der Waals surface area contributed by atoms with Crippen molar-refractivity contribution in [2.75, 3.05) is 26.4 Å². The molecule has 0 aliphatic carbocycles. The Morgan fingerprint density at radius 1 is 0.323 bits per heavy atom. The molecule has 2 atom stereocenters. The molecule has 0 radical (unpaired) electrons. The Balaban J connectivity index is 3.98. The van der Waals surface area contributed by atoms with E-state index in [-0.39, 0.29) is 32.6 Å². The third-order valence-electron chi connectivity index (χ3n) is 14.7. The molecular weight excluding hydrogens is 1170 g/mol. The Bertz CT molecular complexity index is 2280. The molecule has 10 heteroatoms. The van der Waals surface area contributed by atoms with Crippen molar-refractivity contribution in [2.45, 2.75) is 277 Å². The molecule has 0 bridgehead atoms. The van der Waals surface area contributed by atoms with E-state index < -0.39 is 32.5 Å². The van der Waals surface area contributed by atoms with E-state index in [9.17, 15) is 19.0 Å². The van der Waals surface area contributed by atoms with E-state index in [2.05, 4.69) is 220 Å². The van der Waals surface area contributed by atoms with Crippen LogP contribution < -0.4 is 5.73 Å². The van der Waals surface area contributed by atoms with Gasteiger partial charge in [0.1, 0.15) is 6.61 Å². The predicted octanol–water partition coefficient (Wildman–Crippen LogP) is 24.6. The molecule has 0 rings (SSSR count). The molecule has 0 aliphatic heterocycles. The van der Waals surface area contributed by atoms with Crippen LogP contribution in [0.15, 0.2) is 207 Å². The van der Waals surface area contributed by atoms with Gasteiger partial charge in [0.25, 0.3) is 0 Å². The Labute approximate surface area is 569 Å². The van der Waals surface area contributed by atoms with Crippen LogP contribution in [0, 0.1) is 0 Å². The first-order valence-electron chi connectivity index (χ1n) is 36.6. The van der Waals surface area contributed by atoms with Gasteiger partial charge in [-0.1, -0.05) is 317 Å². The Hall–Kier alpha value is -5.41. The zero-order chi connectivity index (χ0) is 67.2. The Kier molecular flexibility index (Phi) is 71.2. The zero-order valence-corrected chi connectivity index (χ0v) is 59.5. The topological polar surface area (TPSA) is 134 Å². The highest BCUT2D eigenvalue weighted by Crippen LogP contribution is 2.43. The highest BCUT2D eigenvalue weighted by molar-refractivity contribution is 7.47. The monoisotopic (exact) mass is 1300 g/mol. The van der Waals surface area contributed by atoms with Crippen molar-refractivity contribution < 1.29 is 37.6 Å². The fraction of sp³-hybridized carbons (Fsp3) is 0.566. The smallest absolute Gasteiger partial charge is 0.462 e. The van der Waals surface area contributed by atoms with Gasteiger partial charge < -0.3 is 20.1 Å². The summed E-state index contributed by atoms with van der Waals surface area (Å²) in [5.74, 6) is -0.851. The molecule has 9 nitrogen and oxygen atoms in total. The van der Waals surface area contributed by atoms with Gasteiger partial charge in [-0.25, -0.2) is 4.57 Å². The second-order valence-electron chi connectivity index (χ2n) is 23.3. The molecular formula is C83H132NO8P. The SMILES string of the molecule is CC/C=C\C/C=C\C/C=C\C/C=C\C/C=C\C/C=C\C/C=C\C/C=C\C/C=C\C/C=C\CCCCCCCCCCCCC(=O)OC(COC(=O)CCCCCCCCCCC/C=C\C/C=C\C/C=C\C/C=C\C/C=C\C/C=C\C/C=C\CC)COP(=O)(O)OCCN. The van der Waals surface area contributed by atoms with Gasteiger partial charge in [-0.15, -0.1) is 0 Å². The maximum atomic E-state index is 12.8. The number of carbonyl (C=O) groups is 2. The first-order valence-corrected chi connectivity index (χ1v) is 38.1. The lowest BCUT2D eigenvalue weighted by Gasteiger charge is -2.19. The molecule has 0 aliphatic rings. The van der Waals surface area contributed by atoms with Gasteiger partial charge in [0.2, 0.25) is 0 Å². The average Bonchev–Trinajstić information content (AvgIpc) is 3.49. The minimum atomic E-state index is -4.41. The third-order valence-corrected chi connectivity index (χ3v) is 15.6. The largest absolute Gasteiger partial charge is 0.472 e. The van der Waals surface area contributed by atoms with E-state index in [4.69, 9.17) is 24.3 Å². The number of ether oxygens (including phenoxy) is 2. The van der Waals surface area contributed by atoms with Crippen molar-refractivity contribution in [3.05, 3.63) is 207 Å². The van der Waals surface area contributed by atoms with E-state index >= 15 is 0 Å². The quantitative estimate of drug-likeness (QED) is 0.0264. The van der Waals surface area contributed by atoms with Gasteiger partial charge in [0.05, 0.1) is 13.2 Å². The molecule has 0 saturated carbocycles. The van der Waals surface area contributed by atoms with E-state index in [0.717, 1.165) is 161 Å². The summed E-state index contributed by atoms with van der Waals surface area (Å²) in [7, 11) is -4.41. The van der Waals surface area contributed by atoms with Crippen molar-refractivity contribution in [2.24, 2.45) is 5.73 Å². The minimum absolute atomic E-state index is 0.0418. The lowest BCUT2D eigenvalue weighted by Crippen LogP contribution is -2.29. The minimum Gasteiger partial charge on any atom is -0.462 e. The third kappa shape index (κ3) is 75.5. The molecule has 0 fully saturated rings. The number of hydrogen-bond donors (Lipinski definition) is 2. The van der Waals surface area contributed by atoms with Crippen LogP contribution in [-0.2, 0) is 32.7 Å². The number of nitrogens with two attached hydrogens (primary N) is 1. The van der Waals surface area contributed by atoms with Gasteiger partial charge in [-0.2, -0.15) is 0 Å². The van der Waals surface area contributed by atoms with Gasteiger partial charge in [-0.05, 0) is 148 Å². The summed E-state index contributed by atoms with van der Waals surface area (Å²) >= 11 is 0. The van der Waals surface area contributed by atoms with E-state index in [1.807, 2.05) is 0 Å². The summed E-state index contributed by atoms with van der Waals surface area (Å²) < 4.78 is 33.2. The molecule has 2 unspecified atom stereocenters. The van der Waals surface area contributed by atoms with Crippen molar-refractivity contribution in [3.8, 4) is 0 Å². The Morgan fingerprint density at radius 2 is 0.559 bits per heavy atom. The van der Waals surface area contributed by atoms with Gasteiger partial charge >= 0.3 is 19.8 Å². The van der Waals surface area contributed by atoms with Crippen LogP contribution in [0.3, 0.4) is 0 Å². The molecule has 522 valence electrons. The fourth-order valence-electron chi connectivity index (χ4n) is 9.35. The van der Waals surface area contributed by atoms with Crippen LogP contribution in [0.1, 0.15) is 271 Å².